The Morgan fingerprint density at radius 2 is 1.17 bits per heavy atom. The Morgan fingerprint density at radius 1 is 0.652 bits per heavy atom. The number of aryl methyl sites for hydroxylation is 1. The number of unbranched alkanes of at least 4 members (excludes halogenated alkanes) is 5. The van der Waals surface area contributed by atoms with Crippen LogP contribution < -0.4 is 4.74 Å². The minimum absolute atomic E-state index is 0.112. The number of benzene rings is 4. The first-order chi connectivity index (χ1) is 22.1. The van der Waals surface area contributed by atoms with E-state index in [1.807, 2.05) is 73.7 Å². The van der Waals surface area contributed by atoms with Crippen LogP contribution in [-0.4, -0.2) is 46.8 Å². The molecule has 0 unspecified atom stereocenters. The van der Waals surface area contributed by atoms with Gasteiger partial charge in [0.1, 0.15) is 50.7 Å². The lowest BCUT2D eigenvalue weighted by Gasteiger charge is -2.22. The summed E-state index contributed by atoms with van der Waals surface area (Å²) in [5.74, 6) is 1.03. The highest BCUT2D eigenvalue weighted by Gasteiger charge is 2.22. The molecule has 0 fully saturated rings. The molecule has 6 rings (SSSR count). The van der Waals surface area contributed by atoms with E-state index in [9.17, 15) is 10.2 Å². The quantitative estimate of drug-likeness (QED) is 0.148. The van der Waals surface area contributed by atoms with Crippen LogP contribution in [0.2, 0.25) is 0 Å². The second kappa shape index (κ2) is 14.5. The van der Waals surface area contributed by atoms with Crippen molar-refractivity contribution in [2.45, 2.75) is 78.6 Å². The summed E-state index contributed by atoms with van der Waals surface area (Å²) in [5.41, 5.74) is 6.23. The van der Waals surface area contributed by atoms with Crippen LogP contribution in [0.15, 0.2) is 78.9 Å². The number of aromatic hydroxyl groups is 2. The van der Waals surface area contributed by atoms with Crippen LogP contribution in [0.5, 0.6) is 17.2 Å². The number of phenolic OH excluding ortho intramolecular Hbond substituents is 2. The minimum atomic E-state index is -0.141. The molecule has 9 nitrogen and oxygen atoms in total. The lowest BCUT2D eigenvalue weighted by molar-refractivity contribution is 0.302. The highest BCUT2D eigenvalue weighted by molar-refractivity contribution is 5.74. The fourth-order valence-electron chi connectivity index (χ4n) is 5.25. The zero-order chi connectivity index (χ0) is 32.7. The van der Waals surface area contributed by atoms with E-state index in [1.165, 1.54) is 41.7 Å². The molecule has 2 N–H and O–H groups in total. The molecule has 0 saturated heterocycles. The van der Waals surface area contributed by atoms with Crippen molar-refractivity contribution in [3.05, 3.63) is 90.0 Å². The van der Waals surface area contributed by atoms with Crippen LogP contribution in [0.3, 0.4) is 0 Å². The van der Waals surface area contributed by atoms with Crippen molar-refractivity contribution in [1.29, 1.82) is 0 Å². The van der Waals surface area contributed by atoms with Gasteiger partial charge in [0, 0.05) is 11.6 Å². The third-order valence-corrected chi connectivity index (χ3v) is 7.76. The normalized spacial score (nSPS) is 11.5. The Bertz CT molecular complexity index is 1840. The Hall–Kier alpha value is -4.92. The van der Waals surface area contributed by atoms with E-state index in [0.29, 0.717) is 23.7 Å². The molecule has 0 radical (unpaired) electrons. The molecule has 9 heteroatoms. The first kappa shape index (κ1) is 32.5. The second-order valence-electron chi connectivity index (χ2n) is 12.7. The Balaban J connectivity index is 0.000000184. The minimum Gasteiger partial charge on any atom is -0.505 e. The van der Waals surface area contributed by atoms with Crippen molar-refractivity contribution in [2.75, 3.05) is 6.61 Å². The zero-order valence-electron chi connectivity index (χ0n) is 27.4. The first-order valence-electron chi connectivity index (χ1n) is 16.1. The molecule has 0 aliphatic carbocycles. The third-order valence-electron chi connectivity index (χ3n) is 7.76. The van der Waals surface area contributed by atoms with Crippen molar-refractivity contribution in [2.24, 2.45) is 0 Å². The Labute approximate surface area is 270 Å². The van der Waals surface area contributed by atoms with E-state index >= 15 is 0 Å². The van der Waals surface area contributed by atoms with E-state index in [-0.39, 0.29) is 16.9 Å². The lowest BCUT2D eigenvalue weighted by Crippen LogP contribution is -2.13. The molecule has 4 aromatic carbocycles. The lowest BCUT2D eigenvalue weighted by atomic mass is 9.85. The van der Waals surface area contributed by atoms with Gasteiger partial charge >= 0.3 is 0 Å². The fraction of sp³-hybridized carbons (Fsp3) is 0.351. The van der Waals surface area contributed by atoms with Crippen molar-refractivity contribution in [3.63, 3.8) is 0 Å². The van der Waals surface area contributed by atoms with Crippen LogP contribution in [-0.2, 0) is 5.41 Å². The smallest absolute Gasteiger partial charge is 0.146 e. The molecule has 0 spiro atoms. The number of nitrogens with zero attached hydrogens (tertiary/aromatic N) is 6. The van der Waals surface area contributed by atoms with Gasteiger partial charge in [-0.1, -0.05) is 90.1 Å². The van der Waals surface area contributed by atoms with E-state index < -0.39 is 0 Å². The van der Waals surface area contributed by atoms with Gasteiger partial charge in [-0.15, -0.1) is 30.0 Å². The molecule has 0 saturated carbocycles. The summed E-state index contributed by atoms with van der Waals surface area (Å²) >= 11 is 0. The first-order valence-corrected chi connectivity index (χ1v) is 16.1. The Kier molecular flexibility index (Phi) is 10.2. The molecule has 6 aromatic rings. The summed E-state index contributed by atoms with van der Waals surface area (Å²) in [5, 5.41) is 38.6. The largest absolute Gasteiger partial charge is 0.505 e. The van der Waals surface area contributed by atoms with Gasteiger partial charge in [0.2, 0.25) is 0 Å². The number of rotatable bonds is 10. The Morgan fingerprint density at radius 3 is 1.70 bits per heavy atom. The molecule has 0 aliphatic heterocycles. The summed E-state index contributed by atoms with van der Waals surface area (Å²) in [7, 11) is 0. The maximum atomic E-state index is 10.6. The van der Waals surface area contributed by atoms with Gasteiger partial charge < -0.3 is 14.9 Å². The second-order valence-corrected chi connectivity index (χ2v) is 12.7. The third kappa shape index (κ3) is 7.83. The summed E-state index contributed by atoms with van der Waals surface area (Å²) in [6.45, 7) is 11.2. The molecule has 2 aromatic heterocycles. The summed E-state index contributed by atoms with van der Waals surface area (Å²) in [4.78, 5) is 2.97. The van der Waals surface area contributed by atoms with E-state index in [2.05, 4.69) is 48.1 Å². The van der Waals surface area contributed by atoms with Gasteiger partial charge in [-0.05, 0) is 66.8 Å². The average Bonchev–Trinajstić information content (AvgIpc) is 3.66. The zero-order valence-corrected chi connectivity index (χ0v) is 27.4. The molecule has 240 valence electrons. The van der Waals surface area contributed by atoms with Crippen molar-refractivity contribution >= 4 is 22.1 Å². The van der Waals surface area contributed by atoms with Gasteiger partial charge in [-0.3, -0.25) is 0 Å². The van der Waals surface area contributed by atoms with Crippen LogP contribution >= 0.6 is 0 Å². The van der Waals surface area contributed by atoms with E-state index in [1.54, 1.807) is 12.1 Å². The van der Waals surface area contributed by atoms with Crippen molar-refractivity contribution in [1.82, 2.24) is 30.0 Å². The number of phenols is 2. The van der Waals surface area contributed by atoms with Gasteiger partial charge in [0.05, 0.1) is 6.61 Å². The highest BCUT2D eigenvalue weighted by atomic mass is 16.5. The number of fused-ring (bicyclic) bond motifs is 2. The van der Waals surface area contributed by atoms with E-state index in [0.717, 1.165) is 39.6 Å². The maximum Gasteiger partial charge on any atom is 0.146 e. The van der Waals surface area contributed by atoms with Gasteiger partial charge in [0.25, 0.3) is 0 Å². The predicted molar refractivity (Wildman–Crippen MR) is 183 cm³/mol. The van der Waals surface area contributed by atoms with Crippen LogP contribution in [0.25, 0.3) is 33.4 Å². The standard InChI is InChI=1S/C20H25N3O2.C17H19N3O/c1-2-3-4-5-6-9-14-25-16-12-13-19(20(24)15-16)23-21-17-10-7-8-11-18(17)22-23;1-11-9-12(17(2,3)4)16(21)15(10-11)20-18-13-7-5-6-8-14(13)19-20/h7-8,10-13,15,24H,2-6,9,14H2,1H3;5-10,21H,1-4H3. The van der Waals surface area contributed by atoms with Crippen LogP contribution in [0.4, 0.5) is 0 Å². The molecule has 0 atom stereocenters. The fourth-order valence-corrected chi connectivity index (χ4v) is 5.25. The number of aromatic nitrogens is 6. The van der Waals surface area contributed by atoms with Gasteiger partial charge in [0.15, 0.2) is 0 Å². The molecule has 2 heterocycles. The molecule has 0 bridgehead atoms. The number of hydrogen-bond acceptors (Lipinski definition) is 7. The topological polar surface area (TPSA) is 111 Å². The molecule has 46 heavy (non-hydrogen) atoms. The number of ether oxygens (including phenoxy) is 1. The SMILES string of the molecule is CCCCCCCCOc1ccc(-n2nc3ccccc3n2)c(O)c1.Cc1cc(-n2nc3ccccc3n2)c(O)c(C(C)(C)C)c1. The summed E-state index contributed by atoms with van der Waals surface area (Å²) in [6.07, 6.45) is 7.37. The maximum absolute atomic E-state index is 10.6. The average molecular weight is 621 g/mol. The predicted octanol–water partition coefficient (Wildman–Crippen LogP) is 8.60. The van der Waals surface area contributed by atoms with Gasteiger partial charge in [-0.2, -0.15) is 0 Å². The van der Waals surface area contributed by atoms with E-state index in [4.69, 9.17) is 4.74 Å². The molecule has 0 aliphatic rings. The van der Waals surface area contributed by atoms with Crippen LogP contribution in [0, 0.1) is 6.92 Å². The van der Waals surface area contributed by atoms with Gasteiger partial charge in [-0.25, -0.2) is 0 Å². The van der Waals surface area contributed by atoms with Crippen molar-refractivity contribution < 1.29 is 14.9 Å². The van der Waals surface area contributed by atoms with Crippen LogP contribution in [0.1, 0.15) is 77.3 Å². The highest BCUT2D eigenvalue weighted by Crippen LogP contribution is 2.36. The molecular weight excluding hydrogens is 576 g/mol. The monoisotopic (exact) mass is 620 g/mol. The number of hydrogen-bond donors (Lipinski definition) is 2. The molecular formula is C37H44N6O3. The summed E-state index contributed by atoms with van der Waals surface area (Å²) < 4.78 is 5.73. The van der Waals surface area contributed by atoms with Crippen molar-refractivity contribution in [3.8, 4) is 28.6 Å². The molecule has 0 amide bonds. The summed E-state index contributed by atoms with van der Waals surface area (Å²) in [6, 6.07) is 24.5.